The molecule has 2 rings (SSSR count). The Morgan fingerprint density at radius 1 is 1.16 bits per heavy atom. The average Bonchev–Trinajstić information content (AvgIpc) is 2.47. The van der Waals surface area contributed by atoms with Gasteiger partial charge in [-0.15, -0.1) is 0 Å². The fourth-order valence-electron chi connectivity index (χ4n) is 2.83. The summed E-state index contributed by atoms with van der Waals surface area (Å²) in [5.74, 6) is 0.851. The number of amides is 1. The first kappa shape index (κ1) is 14.1. The van der Waals surface area contributed by atoms with Gasteiger partial charge in [0.25, 0.3) is 0 Å². The van der Waals surface area contributed by atoms with Gasteiger partial charge in [-0.1, -0.05) is 30.3 Å². The van der Waals surface area contributed by atoms with E-state index in [0.29, 0.717) is 18.4 Å². The van der Waals surface area contributed by atoms with Crippen LogP contribution in [0.25, 0.3) is 0 Å². The molecule has 1 aliphatic rings. The third-order valence-electron chi connectivity index (χ3n) is 3.97. The van der Waals surface area contributed by atoms with Crippen molar-refractivity contribution in [3.63, 3.8) is 0 Å². The molecular formula is C16H24N2O. The van der Waals surface area contributed by atoms with Crippen molar-refractivity contribution in [1.82, 2.24) is 10.6 Å². The maximum atomic E-state index is 11.7. The van der Waals surface area contributed by atoms with E-state index >= 15 is 0 Å². The minimum atomic E-state index is 0.178. The molecule has 1 saturated carbocycles. The van der Waals surface area contributed by atoms with Crippen molar-refractivity contribution < 1.29 is 4.79 Å². The van der Waals surface area contributed by atoms with Gasteiger partial charge < -0.3 is 10.6 Å². The molecule has 0 heterocycles. The number of hydrogen-bond acceptors (Lipinski definition) is 2. The van der Waals surface area contributed by atoms with E-state index in [2.05, 4.69) is 41.0 Å². The molecule has 104 valence electrons. The highest BCUT2D eigenvalue weighted by Crippen LogP contribution is 2.32. The summed E-state index contributed by atoms with van der Waals surface area (Å²) in [7, 11) is 1.87. The van der Waals surface area contributed by atoms with Crippen molar-refractivity contribution in [2.75, 3.05) is 13.6 Å². The summed E-state index contributed by atoms with van der Waals surface area (Å²) in [6.45, 7) is 0.755. The molecule has 0 atom stereocenters. The zero-order valence-corrected chi connectivity index (χ0v) is 11.7. The first-order valence-electron chi connectivity index (χ1n) is 7.28. The normalized spacial score (nSPS) is 23.0. The maximum Gasteiger partial charge on any atom is 0.221 e. The summed E-state index contributed by atoms with van der Waals surface area (Å²) in [4.78, 5) is 11.7. The molecule has 0 radical (unpaired) electrons. The predicted molar refractivity (Wildman–Crippen MR) is 78.1 cm³/mol. The average molecular weight is 260 g/mol. The maximum absolute atomic E-state index is 11.7. The van der Waals surface area contributed by atoms with Crippen molar-refractivity contribution in [2.24, 2.45) is 0 Å². The lowest BCUT2D eigenvalue weighted by Crippen LogP contribution is -2.38. The Bertz CT molecular complexity index is 383. The van der Waals surface area contributed by atoms with Gasteiger partial charge in [-0.05, 0) is 44.2 Å². The number of carbonyl (C=O) groups excluding carboxylic acids is 1. The Morgan fingerprint density at radius 2 is 1.84 bits per heavy atom. The van der Waals surface area contributed by atoms with Crippen molar-refractivity contribution in [2.45, 2.75) is 44.1 Å². The van der Waals surface area contributed by atoms with E-state index in [0.717, 1.165) is 19.4 Å². The van der Waals surface area contributed by atoms with Gasteiger partial charge in [-0.3, -0.25) is 4.79 Å². The lowest BCUT2D eigenvalue weighted by atomic mass is 9.82. The van der Waals surface area contributed by atoms with E-state index in [-0.39, 0.29) is 5.91 Å². The topological polar surface area (TPSA) is 41.1 Å². The number of rotatable bonds is 5. The number of carbonyl (C=O) groups is 1. The third-order valence-corrected chi connectivity index (χ3v) is 3.97. The van der Waals surface area contributed by atoms with Gasteiger partial charge in [-0.2, -0.15) is 0 Å². The van der Waals surface area contributed by atoms with Gasteiger partial charge in [0, 0.05) is 19.0 Å². The summed E-state index contributed by atoms with van der Waals surface area (Å²) >= 11 is 0. The highest BCUT2D eigenvalue weighted by molar-refractivity contribution is 5.76. The van der Waals surface area contributed by atoms with Gasteiger partial charge >= 0.3 is 0 Å². The second-order valence-corrected chi connectivity index (χ2v) is 5.38. The number of hydrogen-bond donors (Lipinski definition) is 2. The Hall–Kier alpha value is -1.35. The Morgan fingerprint density at radius 3 is 2.47 bits per heavy atom. The summed E-state index contributed by atoms with van der Waals surface area (Å²) in [6, 6.07) is 11.1. The molecule has 3 heteroatoms. The van der Waals surface area contributed by atoms with Crippen molar-refractivity contribution >= 4 is 5.91 Å². The minimum Gasteiger partial charge on any atom is -0.353 e. The van der Waals surface area contributed by atoms with Crippen LogP contribution in [0.4, 0.5) is 0 Å². The van der Waals surface area contributed by atoms with Gasteiger partial charge in [-0.25, -0.2) is 0 Å². The van der Waals surface area contributed by atoms with Crippen molar-refractivity contribution in [3.05, 3.63) is 35.9 Å². The van der Waals surface area contributed by atoms with Crippen LogP contribution in [-0.4, -0.2) is 25.5 Å². The lowest BCUT2D eigenvalue weighted by Gasteiger charge is -2.29. The molecular weight excluding hydrogens is 236 g/mol. The lowest BCUT2D eigenvalue weighted by molar-refractivity contribution is -0.121. The zero-order valence-electron chi connectivity index (χ0n) is 11.7. The molecule has 19 heavy (non-hydrogen) atoms. The van der Waals surface area contributed by atoms with Crippen molar-refractivity contribution in [1.29, 1.82) is 0 Å². The van der Waals surface area contributed by atoms with Crippen LogP contribution in [0, 0.1) is 0 Å². The van der Waals surface area contributed by atoms with Gasteiger partial charge in [0.2, 0.25) is 5.91 Å². The molecule has 1 aromatic carbocycles. The standard InChI is InChI=1S/C16H24N2O/c1-17-12-11-16(19)18-15-9-7-14(8-10-15)13-5-3-2-4-6-13/h2-6,14-15,17H,7-12H2,1H3,(H,18,19). The molecule has 1 aromatic rings. The van der Waals surface area contributed by atoms with E-state index in [1.54, 1.807) is 0 Å². The first-order valence-corrected chi connectivity index (χ1v) is 7.28. The molecule has 1 fully saturated rings. The number of benzene rings is 1. The Labute approximate surface area is 115 Å². The molecule has 0 unspecified atom stereocenters. The van der Waals surface area contributed by atoms with E-state index in [9.17, 15) is 4.79 Å². The minimum absolute atomic E-state index is 0.178. The Kier molecular flexibility index (Phi) is 5.40. The van der Waals surface area contributed by atoms with Crippen LogP contribution in [0.15, 0.2) is 30.3 Å². The van der Waals surface area contributed by atoms with Crippen LogP contribution < -0.4 is 10.6 Å². The van der Waals surface area contributed by atoms with Crippen LogP contribution in [0.3, 0.4) is 0 Å². The van der Waals surface area contributed by atoms with Crippen LogP contribution in [0.1, 0.15) is 43.6 Å². The summed E-state index contributed by atoms with van der Waals surface area (Å²) in [6.07, 6.45) is 5.15. The summed E-state index contributed by atoms with van der Waals surface area (Å²) in [5.41, 5.74) is 1.45. The number of nitrogens with one attached hydrogen (secondary N) is 2. The quantitative estimate of drug-likeness (QED) is 0.854. The monoisotopic (exact) mass is 260 g/mol. The molecule has 0 aromatic heterocycles. The third kappa shape index (κ3) is 4.35. The molecule has 0 aliphatic heterocycles. The molecule has 2 N–H and O–H groups in total. The highest BCUT2D eigenvalue weighted by Gasteiger charge is 2.22. The van der Waals surface area contributed by atoms with E-state index in [1.165, 1.54) is 18.4 Å². The van der Waals surface area contributed by atoms with E-state index in [4.69, 9.17) is 0 Å². The summed E-state index contributed by atoms with van der Waals surface area (Å²) in [5, 5.41) is 6.15. The van der Waals surface area contributed by atoms with Gasteiger partial charge in [0.15, 0.2) is 0 Å². The van der Waals surface area contributed by atoms with Crippen LogP contribution in [0.2, 0.25) is 0 Å². The molecule has 1 amide bonds. The Balaban J connectivity index is 1.75. The summed E-state index contributed by atoms with van der Waals surface area (Å²) < 4.78 is 0. The van der Waals surface area contributed by atoms with E-state index in [1.807, 2.05) is 7.05 Å². The SMILES string of the molecule is CNCCC(=O)NC1CCC(c2ccccc2)CC1. The first-order chi connectivity index (χ1) is 9.29. The molecule has 0 saturated heterocycles. The van der Waals surface area contributed by atoms with Gasteiger partial charge in [0.05, 0.1) is 0 Å². The van der Waals surface area contributed by atoms with E-state index < -0.39 is 0 Å². The molecule has 1 aliphatic carbocycles. The predicted octanol–water partition coefficient (Wildman–Crippen LogP) is 2.44. The van der Waals surface area contributed by atoms with Crippen LogP contribution in [0.5, 0.6) is 0 Å². The molecule has 3 nitrogen and oxygen atoms in total. The second-order valence-electron chi connectivity index (χ2n) is 5.38. The second kappa shape index (κ2) is 7.29. The fraction of sp³-hybridized carbons (Fsp3) is 0.562. The molecule has 0 bridgehead atoms. The molecule has 0 spiro atoms. The van der Waals surface area contributed by atoms with Crippen LogP contribution in [-0.2, 0) is 4.79 Å². The van der Waals surface area contributed by atoms with Crippen LogP contribution >= 0.6 is 0 Å². The van der Waals surface area contributed by atoms with Crippen molar-refractivity contribution in [3.8, 4) is 0 Å². The fourth-order valence-corrected chi connectivity index (χ4v) is 2.83. The highest BCUT2D eigenvalue weighted by atomic mass is 16.1. The largest absolute Gasteiger partial charge is 0.353 e. The smallest absolute Gasteiger partial charge is 0.221 e. The zero-order chi connectivity index (χ0) is 13.5. The van der Waals surface area contributed by atoms with Gasteiger partial charge in [0.1, 0.15) is 0 Å².